The van der Waals surface area contributed by atoms with Crippen molar-refractivity contribution < 1.29 is 14.7 Å². The Morgan fingerprint density at radius 3 is 2.92 bits per heavy atom. The molecule has 1 amide bonds. The molecule has 1 aromatic carbocycles. The molecule has 0 saturated carbocycles. The van der Waals surface area contributed by atoms with Gasteiger partial charge in [0.1, 0.15) is 11.5 Å². The van der Waals surface area contributed by atoms with Crippen molar-refractivity contribution in [3.05, 3.63) is 59.1 Å². The second-order valence-corrected chi connectivity index (χ2v) is 6.20. The number of carboxylic acids is 1. The summed E-state index contributed by atoms with van der Waals surface area (Å²) >= 11 is 0. The second kappa shape index (κ2) is 5.69. The third kappa shape index (κ3) is 2.25. The fourth-order valence-corrected chi connectivity index (χ4v) is 3.74. The van der Waals surface area contributed by atoms with E-state index >= 15 is 0 Å². The molecule has 0 aliphatic carbocycles. The fraction of sp³-hybridized carbons (Fsp3) is 0.167. The van der Waals surface area contributed by atoms with Crippen molar-refractivity contribution in [3.63, 3.8) is 0 Å². The van der Waals surface area contributed by atoms with Gasteiger partial charge >= 0.3 is 35.5 Å². The molecule has 120 valence electrons. The zero-order valence-electron chi connectivity index (χ0n) is 12.6. The molecule has 25 heavy (non-hydrogen) atoms. The molecule has 0 radical (unpaired) electrons. The second-order valence-electron chi connectivity index (χ2n) is 6.20. The van der Waals surface area contributed by atoms with Crippen LogP contribution in [-0.2, 0) is 16.1 Å². The Hall–Kier alpha value is -2.15. The number of hydrogen-bond acceptors (Lipinski definition) is 3. The van der Waals surface area contributed by atoms with Crippen molar-refractivity contribution in [1.82, 2.24) is 14.5 Å². The van der Waals surface area contributed by atoms with Gasteiger partial charge in [0.15, 0.2) is 0 Å². The number of fused-ring (bicyclic) bond motifs is 4. The van der Waals surface area contributed by atoms with Crippen LogP contribution in [0.25, 0.3) is 17.5 Å². The van der Waals surface area contributed by atoms with Crippen LogP contribution in [-0.4, -0.2) is 67.0 Å². The monoisotopic (exact) mass is 343 g/mol. The summed E-state index contributed by atoms with van der Waals surface area (Å²) in [5, 5.41) is 9.10. The average Bonchev–Trinajstić information content (AvgIpc) is 3.22. The first-order valence-corrected chi connectivity index (χ1v) is 7.77. The van der Waals surface area contributed by atoms with Gasteiger partial charge in [-0.3, -0.25) is 9.69 Å². The first-order valence-electron chi connectivity index (χ1n) is 7.77. The molecule has 1 N–H and O–H groups in total. The van der Waals surface area contributed by atoms with Crippen LogP contribution >= 0.6 is 0 Å². The number of amides is 1. The molecule has 3 aliphatic heterocycles. The van der Waals surface area contributed by atoms with Crippen LogP contribution in [0.15, 0.2) is 47.8 Å². The summed E-state index contributed by atoms with van der Waals surface area (Å²) < 4.78 is 2.08. The van der Waals surface area contributed by atoms with Crippen molar-refractivity contribution in [1.29, 1.82) is 0 Å². The van der Waals surface area contributed by atoms with Crippen LogP contribution in [0.5, 0.6) is 0 Å². The molecule has 2 aromatic rings. The van der Waals surface area contributed by atoms with Crippen molar-refractivity contribution in [2.45, 2.75) is 19.0 Å². The molecule has 5 rings (SSSR count). The minimum absolute atomic E-state index is 0. The molecule has 1 saturated heterocycles. The molecule has 1 fully saturated rings. The topological polar surface area (TPSA) is 75.4 Å². The number of rotatable bonds is 2. The Balaban J connectivity index is 0.00000157. The van der Waals surface area contributed by atoms with Gasteiger partial charge in [-0.05, 0) is 18.1 Å². The van der Waals surface area contributed by atoms with E-state index in [0.29, 0.717) is 12.0 Å². The standard InChI is InChI=1S/C18H13N3O3.Na.H/c22-17-13(14-5-6-15(18(23)24)21(14)17)7-11-9-20-8-10-3-1-2-4-12(10)16(20)19-11;;/h1-4,6-7,9,14H,5,8H2,(H,23,24);;/b13-7+;;. The Bertz CT molecular complexity index is 989. The van der Waals surface area contributed by atoms with E-state index in [1.165, 1.54) is 10.5 Å². The van der Waals surface area contributed by atoms with Gasteiger partial charge in [-0.2, -0.15) is 0 Å². The Morgan fingerprint density at radius 2 is 2.12 bits per heavy atom. The maximum absolute atomic E-state index is 12.3. The number of benzene rings is 1. The summed E-state index contributed by atoms with van der Waals surface area (Å²) in [7, 11) is 0. The average molecular weight is 343 g/mol. The van der Waals surface area contributed by atoms with E-state index in [0.717, 1.165) is 23.6 Å². The molecule has 6 nitrogen and oxygen atoms in total. The van der Waals surface area contributed by atoms with Crippen molar-refractivity contribution in [2.24, 2.45) is 0 Å². The summed E-state index contributed by atoms with van der Waals surface area (Å²) in [6.07, 6.45) is 5.89. The van der Waals surface area contributed by atoms with Gasteiger partial charge in [0.25, 0.3) is 5.91 Å². The fourth-order valence-electron chi connectivity index (χ4n) is 3.74. The van der Waals surface area contributed by atoms with Crippen LogP contribution in [0.4, 0.5) is 0 Å². The summed E-state index contributed by atoms with van der Waals surface area (Å²) in [5.41, 5.74) is 3.83. The number of carbonyl (C=O) groups excluding carboxylic acids is 1. The number of hydrogen-bond donors (Lipinski definition) is 1. The third-order valence-electron chi connectivity index (χ3n) is 4.85. The molecule has 1 aromatic heterocycles. The van der Waals surface area contributed by atoms with Crippen LogP contribution < -0.4 is 0 Å². The first-order chi connectivity index (χ1) is 11.6. The summed E-state index contributed by atoms with van der Waals surface area (Å²) in [4.78, 5) is 29.4. The Kier molecular flexibility index (Phi) is 3.72. The zero-order valence-corrected chi connectivity index (χ0v) is 12.6. The van der Waals surface area contributed by atoms with Crippen molar-refractivity contribution in [3.8, 4) is 11.4 Å². The van der Waals surface area contributed by atoms with E-state index in [1.54, 1.807) is 12.2 Å². The number of aliphatic carboxylic acids is 1. The number of β-lactam (4-membered cyclic amide) rings is 1. The summed E-state index contributed by atoms with van der Waals surface area (Å²) in [5.74, 6) is -0.376. The van der Waals surface area contributed by atoms with Gasteiger partial charge in [0, 0.05) is 23.9 Å². The van der Waals surface area contributed by atoms with E-state index in [2.05, 4.69) is 15.6 Å². The Labute approximate surface area is 165 Å². The molecular formula is C18H14N3NaO3. The van der Waals surface area contributed by atoms with Crippen molar-refractivity contribution in [2.75, 3.05) is 0 Å². The molecular weight excluding hydrogens is 329 g/mol. The molecule has 0 bridgehead atoms. The Morgan fingerprint density at radius 1 is 1.32 bits per heavy atom. The SMILES string of the molecule is O=C(O)C1=CCC2/C(=C\c3cn4c(n3)-c3ccccc3C4)C(=O)N12.[NaH]. The first kappa shape index (κ1) is 16.3. The number of imidazole rings is 1. The van der Waals surface area contributed by atoms with Crippen LogP contribution in [0.2, 0.25) is 0 Å². The van der Waals surface area contributed by atoms with E-state index in [9.17, 15) is 9.59 Å². The number of nitrogens with zero attached hydrogens (tertiary/aromatic N) is 3. The van der Waals surface area contributed by atoms with E-state index in [4.69, 9.17) is 5.11 Å². The van der Waals surface area contributed by atoms with Gasteiger partial charge < -0.3 is 9.67 Å². The van der Waals surface area contributed by atoms with Gasteiger partial charge in [-0.1, -0.05) is 30.3 Å². The predicted molar refractivity (Wildman–Crippen MR) is 92.9 cm³/mol. The van der Waals surface area contributed by atoms with Crippen LogP contribution in [0.1, 0.15) is 17.7 Å². The predicted octanol–water partition coefficient (Wildman–Crippen LogP) is 1.23. The zero-order chi connectivity index (χ0) is 16.4. The number of carbonyl (C=O) groups is 2. The molecule has 3 aliphatic rings. The number of carboxylic acid groups (broad SMARTS) is 1. The molecule has 4 heterocycles. The van der Waals surface area contributed by atoms with Gasteiger partial charge in [0.05, 0.1) is 11.7 Å². The maximum atomic E-state index is 12.3. The molecule has 1 atom stereocenters. The normalized spacial score (nSPS) is 21.2. The van der Waals surface area contributed by atoms with Crippen LogP contribution in [0.3, 0.4) is 0 Å². The summed E-state index contributed by atoms with van der Waals surface area (Å²) in [6, 6.07) is 7.99. The van der Waals surface area contributed by atoms with Gasteiger partial charge in [0.2, 0.25) is 0 Å². The quantitative estimate of drug-likeness (QED) is 0.431. The van der Waals surface area contributed by atoms with Gasteiger partial charge in [-0.25, -0.2) is 9.78 Å². The third-order valence-corrected chi connectivity index (χ3v) is 4.85. The minimum atomic E-state index is -1.05. The molecule has 7 heteroatoms. The van der Waals surface area contributed by atoms with E-state index in [-0.39, 0.29) is 47.2 Å². The van der Waals surface area contributed by atoms with E-state index < -0.39 is 5.97 Å². The van der Waals surface area contributed by atoms with Crippen molar-refractivity contribution >= 4 is 47.5 Å². The van der Waals surface area contributed by atoms with Crippen LogP contribution in [0, 0.1) is 0 Å². The summed E-state index contributed by atoms with van der Waals surface area (Å²) in [6.45, 7) is 0.788. The number of aromatic nitrogens is 2. The molecule has 1 unspecified atom stereocenters. The molecule has 0 spiro atoms. The van der Waals surface area contributed by atoms with E-state index in [1.807, 2.05) is 24.4 Å². The van der Waals surface area contributed by atoms with Gasteiger partial charge in [-0.15, -0.1) is 0 Å².